The van der Waals surface area contributed by atoms with Gasteiger partial charge in [0.05, 0.1) is 27.5 Å². The van der Waals surface area contributed by atoms with Gasteiger partial charge in [-0.1, -0.05) is 0 Å². The number of benzene rings is 1. The summed E-state index contributed by atoms with van der Waals surface area (Å²) in [6, 6.07) is 3.72. The summed E-state index contributed by atoms with van der Waals surface area (Å²) in [5.41, 5.74) is 6.54. The third-order valence-corrected chi connectivity index (χ3v) is 2.48. The van der Waals surface area contributed by atoms with Crippen molar-refractivity contribution in [1.82, 2.24) is 0 Å². The third kappa shape index (κ3) is 5.12. The van der Waals surface area contributed by atoms with Gasteiger partial charge in [-0.3, -0.25) is 4.39 Å². The highest BCUT2D eigenvalue weighted by molar-refractivity contribution is 5.85. The topological polar surface area (TPSA) is 53.7 Å². The van der Waals surface area contributed by atoms with Gasteiger partial charge in [0.1, 0.15) is 0 Å². The highest BCUT2D eigenvalue weighted by Crippen LogP contribution is 2.38. The van der Waals surface area contributed by atoms with Crippen LogP contribution in [0.5, 0.6) is 17.2 Å². The van der Waals surface area contributed by atoms with Crippen LogP contribution in [-0.4, -0.2) is 34.0 Å². The molecule has 0 amide bonds. The normalized spacial score (nSPS) is 9.68. The van der Waals surface area contributed by atoms with Crippen LogP contribution in [0.25, 0.3) is 0 Å². The van der Waals surface area contributed by atoms with E-state index < -0.39 is 6.67 Å². The Balaban J connectivity index is 0.00000324. The van der Waals surface area contributed by atoms with Crippen LogP contribution in [0.15, 0.2) is 12.1 Å². The number of halogens is 2. The van der Waals surface area contributed by atoms with E-state index in [9.17, 15) is 4.39 Å². The molecule has 0 fully saturated rings. The zero-order chi connectivity index (χ0) is 13.4. The lowest BCUT2D eigenvalue weighted by Crippen LogP contribution is -2.06. The van der Waals surface area contributed by atoms with Crippen LogP contribution in [0.2, 0.25) is 0 Å². The van der Waals surface area contributed by atoms with E-state index in [4.69, 9.17) is 19.9 Å². The standard InChI is InChI=1S/C13H20FNO3.ClH/c1-16-11-8-10(4-6-15)9-12(17-2)13(11)18-7-3-5-14;/h8-9H,3-7,15H2,1-2H3;1H. The molecule has 0 aliphatic rings. The van der Waals surface area contributed by atoms with Crippen molar-refractivity contribution >= 4 is 12.4 Å². The summed E-state index contributed by atoms with van der Waals surface area (Å²) in [4.78, 5) is 0. The lowest BCUT2D eigenvalue weighted by atomic mass is 10.1. The van der Waals surface area contributed by atoms with Crippen molar-refractivity contribution in [3.63, 3.8) is 0 Å². The Morgan fingerprint density at radius 3 is 2.16 bits per heavy atom. The van der Waals surface area contributed by atoms with E-state index in [0.29, 0.717) is 36.8 Å². The van der Waals surface area contributed by atoms with E-state index in [1.165, 1.54) is 0 Å². The Morgan fingerprint density at radius 2 is 1.74 bits per heavy atom. The minimum atomic E-state index is -0.407. The molecule has 19 heavy (non-hydrogen) atoms. The molecule has 0 spiro atoms. The van der Waals surface area contributed by atoms with Crippen molar-refractivity contribution in [2.45, 2.75) is 12.8 Å². The summed E-state index contributed by atoms with van der Waals surface area (Å²) < 4.78 is 28.1. The van der Waals surface area contributed by atoms with E-state index in [0.717, 1.165) is 12.0 Å². The maximum atomic E-state index is 12.1. The summed E-state index contributed by atoms with van der Waals surface area (Å²) in [6.07, 6.45) is 1.08. The van der Waals surface area contributed by atoms with Crippen LogP contribution in [0, 0.1) is 0 Å². The Kier molecular flexibility index (Phi) is 9.08. The third-order valence-electron chi connectivity index (χ3n) is 2.48. The SMILES string of the molecule is COc1cc(CCN)cc(OC)c1OCCCF.Cl. The van der Waals surface area contributed by atoms with Gasteiger partial charge in [-0.15, -0.1) is 12.4 Å². The van der Waals surface area contributed by atoms with Crippen molar-refractivity contribution in [2.75, 3.05) is 34.0 Å². The van der Waals surface area contributed by atoms with Gasteiger partial charge in [0.2, 0.25) is 5.75 Å². The zero-order valence-corrected chi connectivity index (χ0v) is 12.1. The number of rotatable bonds is 8. The van der Waals surface area contributed by atoms with Crippen LogP contribution >= 0.6 is 12.4 Å². The molecule has 110 valence electrons. The van der Waals surface area contributed by atoms with Crippen molar-refractivity contribution in [2.24, 2.45) is 5.73 Å². The number of hydrogen-bond acceptors (Lipinski definition) is 4. The Morgan fingerprint density at radius 1 is 1.16 bits per heavy atom. The fourth-order valence-corrected chi connectivity index (χ4v) is 1.62. The molecule has 1 aromatic rings. The summed E-state index contributed by atoms with van der Waals surface area (Å²) in [7, 11) is 3.12. The van der Waals surface area contributed by atoms with E-state index >= 15 is 0 Å². The lowest BCUT2D eigenvalue weighted by molar-refractivity contribution is 0.258. The van der Waals surface area contributed by atoms with Crippen LogP contribution in [0.1, 0.15) is 12.0 Å². The number of hydrogen-bond donors (Lipinski definition) is 1. The fourth-order valence-electron chi connectivity index (χ4n) is 1.62. The van der Waals surface area contributed by atoms with Crippen LogP contribution < -0.4 is 19.9 Å². The zero-order valence-electron chi connectivity index (χ0n) is 11.3. The molecule has 6 heteroatoms. The highest BCUT2D eigenvalue weighted by Gasteiger charge is 2.13. The molecular weight excluding hydrogens is 273 g/mol. The van der Waals surface area contributed by atoms with Crippen LogP contribution in [0.4, 0.5) is 4.39 Å². The fraction of sp³-hybridized carbons (Fsp3) is 0.538. The second-order valence-corrected chi connectivity index (χ2v) is 3.76. The molecule has 1 aromatic carbocycles. The Hall–Kier alpha value is -1.20. The van der Waals surface area contributed by atoms with E-state index in [1.54, 1.807) is 14.2 Å². The first kappa shape index (κ1) is 17.8. The number of alkyl halides is 1. The first-order valence-electron chi connectivity index (χ1n) is 5.90. The summed E-state index contributed by atoms with van der Waals surface area (Å²) >= 11 is 0. The smallest absolute Gasteiger partial charge is 0.203 e. The Labute approximate surface area is 119 Å². The molecule has 4 nitrogen and oxygen atoms in total. The predicted octanol–water partition coefficient (Wildman–Crippen LogP) is 2.37. The first-order chi connectivity index (χ1) is 8.76. The monoisotopic (exact) mass is 293 g/mol. The molecule has 0 heterocycles. The van der Waals surface area contributed by atoms with Gasteiger partial charge in [0, 0.05) is 6.42 Å². The number of methoxy groups -OCH3 is 2. The molecule has 1 rings (SSSR count). The van der Waals surface area contributed by atoms with Crippen molar-refractivity contribution in [3.8, 4) is 17.2 Å². The van der Waals surface area contributed by atoms with E-state index in [1.807, 2.05) is 12.1 Å². The molecule has 0 saturated heterocycles. The molecule has 0 atom stereocenters. The van der Waals surface area contributed by atoms with Gasteiger partial charge in [0.15, 0.2) is 11.5 Å². The minimum Gasteiger partial charge on any atom is -0.493 e. The maximum absolute atomic E-state index is 12.1. The largest absolute Gasteiger partial charge is 0.493 e. The average Bonchev–Trinajstić information content (AvgIpc) is 2.40. The molecule has 0 saturated carbocycles. The van der Waals surface area contributed by atoms with Gasteiger partial charge in [-0.2, -0.15) is 0 Å². The van der Waals surface area contributed by atoms with Gasteiger partial charge < -0.3 is 19.9 Å². The molecule has 0 unspecified atom stereocenters. The second kappa shape index (κ2) is 9.69. The number of ether oxygens (including phenoxy) is 3. The predicted molar refractivity (Wildman–Crippen MR) is 75.6 cm³/mol. The van der Waals surface area contributed by atoms with Gasteiger partial charge in [-0.25, -0.2) is 0 Å². The average molecular weight is 294 g/mol. The quantitative estimate of drug-likeness (QED) is 0.748. The molecule has 0 aromatic heterocycles. The lowest BCUT2D eigenvalue weighted by Gasteiger charge is -2.15. The first-order valence-corrected chi connectivity index (χ1v) is 5.90. The molecule has 0 radical (unpaired) electrons. The minimum absolute atomic E-state index is 0. The number of nitrogens with two attached hydrogens (primary N) is 1. The van der Waals surface area contributed by atoms with Crippen molar-refractivity contribution in [3.05, 3.63) is 17.7 Å². The van der Waals surface area contributed by atoms with Gasteiger partial charge >= 0.3 is 0 Å². The molecular formula is C13H21ClFNO3. The molecule has 2 N–H and O–H groups in total. The van der Waals surface area contributed by atoms with E-state index in [2.05, 4.69) is 0 Å². The summed E-state index contributed by atoms with van der Waals surface area (Å²) in [5, 5.41) is 0. The Bertz CT molecular complexity index is 352. The summed E-state index contributed by atoms with van der Waals surface area (Å²) in [5.74, 6) is 1.67. The summed E-state index contributed by atoms with van der Waals surface area (Å²) in [6.45, 7) is 0.434. The van der Waals surface area contributed by atoms with Gasteiger partial charge in [0.25, 0.3) is 0 Å². The van der Waals surface area contributed by atoms with Gasteiger partial charge in [-0.05, 0) is 30.7 Å². The van der Waals surface area contributed by atoms with Crippen molar-refractivity contribution < 1.29 is 18.6 Å². The maximum Gasteiger partial charge on any atom is 0.203 e. The van der Waals surface area contributed by atoms with Crippen molar-refractivity contribution in [1.29, 1.82) is 0 Å². The molecule has 0 aliphatic heterocycles. The highest BCUT2D eigenvalue weighted by atomic mass is 35.5. The molecule has 0 bridgehead atoms. The van der Waals surface area contributed by atoms with Crippen LogP contribution in [0.3, 0.4) is 0 Å². The second-order valence-electron chi connectivity index (χ2n) is 3.76. The van der Waals surface area contributed by atoms with E-state index in [-0.39, 0.29) is 12.4 Å². The van der Waals surface area contributed by atoms with Crippen LogP contribution in [-0.2, 0) is 6.42 Å². The molecule has 0 aliphatic carbocycles.